The van der Waals surface area contributed by atoms with Crippen molar-refractivity contribution in [3.05, 3.63) is 42.2 Å². The Labute approximate surface area is 199 Å². The second-order valence-electron chi connectivity index (χ2n) is 8.71. The first kappa shape index (κ1) is 25.9. The van der Waals surface area contributed by atoms with Crippen LogP contribution in [0, 0.1) is 0 Å². The van der Waals surface area contributed by atoms with Crippen LogP contribution in [-0.4, -0.2) is 119 Å². The Hall–Kier alpha value is -2.23. The molecule has 1 saturated heterocycles. The summed E-state index contributed by atoms with van der Waals surface area (Å²) in [4.78, 5) is 7.52. The number of benzene rings is 2. The number of H-pyrrole nitrogens is 1. The predicted molar refractivity (Wildman–Crippen MR) is 121 cm³/mol. The van der Waals surface area contributed by atoms with Crippen molar-refractivity contribution in [3.8, 4) is 0 Å². The van der Waals surface area contributed by atoms with E-state index in [1.54, 1.807) is 0 Å². The van der Waals surface area contributed by atoms with Crippen LogP contribution in [0.4, 0.5) is 0 Å². The maximum absolute atomic E-state index is 10.7. The van der Waals surface area contributed by atoms with Gasteiger partial charge in [-0.05, 0) is 22.9 Å². The molecular weight excluding hydrogens is 464 g/mol. The fourth-order valence-electron chi connectivity index (χ4n) is 4.22. The summed E-state index contributed by atoms with van der Waals surface area (Å²) in [5.41, 5.74) is 1.38. The smallest absolute Gasteiger partial charge is 0.187 e. The van der Waals surface area contributed by atoms with Crippen molar-refractivity contribution in [2.75, 3.05) is 13.2 Å². The molecule has 12 heteroatoms. The van der Waals surface area contributed by atoms with Crippen LogP contribution in [-0.2, 0) is 15.9 Å². The molecule has 0 amide bonds. The molecule has 35 heavy (non-hydrogen) atoms. The molecule has 1 aliphatic rings. The van der Waals surface area contributed by atoms with Gasteiger partial charge in [0.15, 0.2) is 6.29 Å². The summed E-state index contributed by atoms with van der Waals surface area (Å²) in [6.45, 7) is -1.56. The maximum atomic E-state index is 10.7. The Bertz CT molecular complexity index is 1070. The Balaban J connectivity index is 1.50. The molecule has 0 bridgehead atoms. The van der Waals surface area contributed by atoms with E-state index in [2.05, 4.69) is 9.97 Å². The number of rotatable bonds is 9. The number of aliphatic hydroxyl groups excluding tert-OH is 8. The van der Waals surface area contributed by atoms with Gasteiger partial charge in [-0.2, -0.15) is 0 Å². The molecule has 1 fully saturated rings. The van der Waals surface area contributed by atoms with Gasteiger partial charge in [0.05, 0.1) is 30.4 Å². The van der Waals surface area contributed by atoms with Crippen LogP contribution in [0.3, 0.4) is 0 Å². The number of hydrogen-bond acceptors (Lipinski definition) is 11. The van der Waals surface area contributed by atoms with Crippen molar-refractivity contribution in [1.82, 2.24) is 9.97 Å². The molecule has 0 unspecified atom stereocenters. The van der Waals surface area contributed by atoms with Crippen LogP contribution in [0.1, 0.15) is 5.82 Å². The van der Waals surface area contributed by atoms with Gasteiger partial charge in [-0.15, -0.1) is 0 Å². The third-order valence-corrected chi connectivity index (χ3v) is 6.24. The van der Waals surface area contributed by atoms with E-state index in [4.69, 9.17) is 9.47 Å². The van der Waals surface area contributed by atoms with Crippen LogP contribution in [0.5, 0.6) is 0 Å². The number of nitrogens with zero attached hydrogens (tertiary/aromatic N) is 1. The number of nitrogens with one attached hydrogen (secondary N) is 1. The number of hydrogen-bond donors (Lipinski definition) is 9. The first-order valence-corrected chi connectivity index (χ1v) is 11.2. The molecule has 9 atom stereocenters. The summed E-state index contributed by atoms with van der Waals surface area (Å²) >= 11 is 0. The normalized spacial score (nSPS) is 28.7. The van der Waals surface area contributed by atoms with Gasteiger partial charge in [-0.1, -0.05) is 24.3 Å². The highest BCUT2D eigenvalue weighted by atomic mass is 16.7. The van der Waals surface area contributed by atoms with E-state index in [9.17, 15) is 40.9 Å². The van der Waals surface area contributed by atoms with Gasteiger partial charge in [0.2, 0.25) is 0 Å². The van der Waals surface area contributed by atoms with Crippen molar-refractivity contribution in [1.29, 1.82) is 0 Å². The molecule has 2 heterocycles. The standard InChI is InChI=1S/C23H30N2O10/c26-8-15(29)22(35-23-21(33)20(32)19(31)16(9-27)34-23)18(30)14(28)7-17-24-12-5-10-3-1-2-4-11(10)6-13(12)25-17/h1-6,14-16,18-23,26-33H,7-9H2,(H,24,25)/t14-,15+,16+,18+,19-,20-,21+,22+,23-/m0/s1. The Kier molecular flexibility index (Phi) is 7.98. The lowest BCUT2D eigenvalue weighted by molar-refractivity contribution is -0.327. The van der Waals surface area contributed by atoms with Crippen LogP contribution in [0.2, 0.25) is 0 Å². The fraction of sp³-hybridized carbons (Fsp3) is 0.522. The first-order valence-electron chi connectivity index (χ1n) is 11.2. The van der Waals surface area contributed by atoms with E-state index >= 15 is 0 Å². The third-order valence-electron chi connectivity index (χ3n) is 6.24. The minimum atomic E-state index is -1.80. The van der Waals surface area contributed by atoms with Crippen molar-refractivity contribution in [2.24, 2.45) is 0 Å². The average Bonchev–Trinajstić information content (AvgIpc) is 3.25. The monoisotopic (exact) mass is 494 g/mol. The van der Waals surface area contributed by atoms with E-state index in [1.165, 1.54) is 0 Å². The molecule has 2 aromatic carbocycles. The highest BCUT2D eigenvalue weighted by molar-refractivity contribution is 5.95. The van der Waals surface area contributed by atoms with E-state index in [1.807, 2.05) is 36.4 Å². The molecule has 1 aromatic heterocycles. The first-order chi connectivity index (χ1) is 16.7. The lowest BCUT2D eigenvalue weighted by Crippen LogP contribution is -2.61. The van der Waals surface area contributed by atoms with Gasteiger partial charge < -0.3 is 55.3 Å². The Morgan fingerprint density at radius 3 is 2.29 bits per heavy atom. The van der Waals surface area contributed by atoms with Crippen molar-refractivity contribution < 1.29 is 50.3 Å². The fourth-order valence-corrected chi connectivity index (χ4v) is 4.22. The van der Waals surface area contributed by atoms with Gasteiger partial charge >= 0.3 is 0 Å². The second-order valence-corrected chi connectivity index (χ2v) is 8.71. The molecule has 0 spiro atoms. The number of ether oxygens (including phenoxy) is 2. The Morgan fingerprint density at radius 2 is 1.63 bits per heavy atom. The van der Waals surface area contributed by atoms with Gasteiger partial charge in [0.25, 0.3) is 0 Å². The second kappa shape index (κ2) is 10.8. The van der Waals surface area contributed by atoms with Crippen molar-refractivity contribution in [3.63, 3.8) is 0 Å². The molecule has 192 valence electrons. The summed E-state index contributed by atoms with van der Waals surface area (Å²) in [6.07, 6.45) is -15.0. The van der Waals surface area contributed by atoms with Crippen LogP contribution in [0.15, 0.2) is 36.4 Å². The lowest BCUT2D eigenvalue weighted by atomic mass is 9.98. The van der Waals surface area contributed by atoms with Crippen molar-refractivity contribution >= 4 is 21.8 Å². The zero-order chi connectivity index (χ0) is 25.3. The largest absolute Gasteiger partial charge is 0.394 e. The Morgan fingerprint density at radius 1 is 0.943 bits per heavy atom. The summed E-state index contributed by atoms with van der Waals surface area (Å²) < 4.78 is 10.7. The average molecular weight is 494 g/mol. The molecule has 4 rings (SSSR count). The molecule has 9 N–H and O–H groups in total. The number of aliphatic hydroxyl groups is 8. The highest BCUT2D eigenvalue weighted by Gasteiger charge is 2.46. The molecule has 12 nitrogen and oxygen atoms in total. The van der Waals surface area contributed by atoms with Crippen molar-refractivity contribution in [2.45, 2.75) is 61.5 Å². The number of imidazole rings is 1. The van der Waals surface area contributed by atoms with Gasteiger partial charge in [-0.3, -0.25) is 0 Å². The zero-order valence-corrected chi connectivity index (χ0v) is 18.6. The maximum Gasteiger partial charge on any atom is 0.187 e. The zero-order valence-electron chi connectivity index (χ0n) is 18.6. The minimum Gasteiger partial charge on any atom is -0.394 e. The van der Waals surface area contributed by atoms with Crippen LogP contribution in [0.25, 0.3) is 21.8 Å². The minimum absolute atomic E-state index is 0.168. The summed E-state index contributed by atoms with van der Waals surface area (Å²) in [7, 11) is 0. The number of fused-ring (bicyclic) bond motifs is 2. The molecule has 1 aliphatic heterocycles. The predicted octanol–water partition coefficient (Wildman–Crippen LogP) is -2.48. The topological polar surface area (TPSA) is 209 Å². The van der Waals surface area contributed by atoms with Crippen LogP contribution >= 0.6 is 0 Å². The summed E-state index contributed by atoms with van der Waals surface area (Å²) in [5, 5.41) is 82.4. The highest BCUT2D eigenvalue weighted by Crippen LogP contribution is 2.26. The van der Waals surface area contributed by atoms with Gasteiger partial charge in [-0.25, -0.2) is 4.98 Å². The van der Waals surface area contributed by atoms with Crippen LogP contribution < -0.4 is 0 Å². The third kappa shape index (κ3) is 5.32. The van der Waals surface area contributed by atoms with E-state index in [0.29, 0.717) is 11.3 Å². The molecule has 0 radical (unpaired) electrons. The van der Waals surface area contributed by atoms with E-state index in [0.717, 1.165) is 16.3 Å². The lowest BCUT2D eigenvalue weighted by Gasteiger charge is -2.42. The molecule has 0 saturated carbocycles. The molecular formula is C23H30N2O10. The number of aromatic amines is 1. The number of aromatic nitrogens is 2. The summed E-state index contributed by atoms with van der Waals surface area (Å²) in [6, 6.07) is 11.5. The van der Waals surface area contributed by atoms with E-state index < -0.39 is 68.3 Å². The quantitative estimate of drug-likeness (QED) is 0.152. The van der Waals surface area contributed by atoms with E-state index in [-0.39, 0.29) is 6.42 Å². The summed E-state index contributed by atoms with van der Waals surface area (Å²) in [5.74, 6) is 0.354. The molecule has 0 aliphatic carbocycles. The van der Waals surface area contributed by atoms with Gasteiger partial charge in [0, 0.05) is 6.42 Å². The SMILES string of the molecule is OC[C@@H](O)[C@@H](O[C@@H]1O[C@H](CO)[C@H](O)[C@H](O)[C@H]1O)[C@H](O)[C@@H](O)Cc1nc2cc3ccccc3cc2[nH]1. The van der Waals surface area contributed by atoms with Gasteiger partial charge in [0.1, 0.15) is 48.6 Å². The molecule has 3 aromatic rings.